The van der Waals surface area contributed by atoms with E-state index in [0.29, 0.717) is 55.0 Å². The van der Waals surface area contributed by atoms with Crippen molar-refractivity contribution in [2.45, 2.75) is 38.3 Å². The van der Waals surface area contributed by atoms with E-state index in [1.54, 1.807) is 11.0 Å². The van der Waals surface area contributed by atoms with Gasteiger partial charge in [0, 0.05) is 12.6 Å². The smallest absolute Gasteiger partial charge is 0.364 e. The number of amidine groups is 1. The van der Waals surface area contributed by atoms with Crippen molar-refractivity contribution in [3.8, 4) is 0 Å². The second-order valence-corrected chi connectivity index (χ2v) is 9.18. The number of aliphatic imine (C=N–C) groups is 1. The van der Waals surface area contributed by atoms with Crippen LogP contribution in [-0.4, -0.2) is 34.2 Å². The molecule has 13 heteroatoms. The second kappa shape index (κ2) is 10.1. The standard InChI is InChI=1S/C22H20F6N4O2S/c23-21(24,25)15-2-1-14(17(10-15)22(26,27)28)12-32-6-3-13(4-7-32)9-18-19(30-20(33)35-18)29-11-16-5-8-34-31-16/h1-2,5,8-10,13H,3-4,6-7,11-12H2,(H,29,30,33)/b18-9-. The molecular weight excluding hydrogens is 498 g/mol. The summed E-state index contributed by atoms with van der Waals surface area (Å²) >= 11 is 0.998. The molecule has 3 heterocycles. The van der Waals surface area contributed by atoms with E-state index < -0.39 is 23.5 Å². The van der Waals surface area contributed by atoms with Gasteiger partial charge in [0.1, 0.15) is 17.8 Å². The number of piperidine rings is 1. The molecule has 2 aromatic rings. The summed E-state index contributed by atoms with van der Waals surface area (Å²) in [5, 5.41) is 6.49. The molecule has 1 amide bonds. The summed E-state index contributed by atoms with van der Waals surface area (Å²) < 4.78 is 83.8. The van der Waals surface area contributed by atoms with Gasteiger partial charge in [0.25, 0.3) is 0 Å². The highest BCUT2D eigenvalue weighted by Gasteiger charge is 2.38. The van der Waals surface area contributed by atoms with E-state index >= 15 is 0 Å². The van der Waals surface area contributed by atoms with Crippen LogP contribution in [0.4, 0.5) is 31.1 Å². The first-order chi connectivity index (χ1) is 16.5. The van der Waals surface area contributed by atoms with Gasteiger partial charge < -0.3 is 9.84 Å². The van der Waals surface area contributed by atoms with Crippen molar-refractivity contribution in [3.63, 3.8) is 0 Å². The summed E-state index contributed by atoms with van der Waals surface area (Å²) in [7, 11) is 0. The molecule has 2 aliphatic rings. The summed E-state index contributed by atoms with van der Waals surface area (Å²) in [5.74, 6) is 0.512. The summed E-state index contributed by atoms with van der Waals surface area (Å²) in [6.45, 7) is 1.15. The van der Waals surface area contributed by atoms with Crippen LogP contribution in [0.5, 0.6) is 0 Å². The van der Waals surface area contributed by atoms with Crippen LogP contribution < -0.4 is 5.32 Å². The van der Waals surface area contributed by atoms with Crippen molar-refractivity contribution >= 4 is 22.8 Å². The molecule has 1 aromatic heterocycles. The fourth-order valence-corrected chi connectivity index (χ4v) is 4.74. The van der Waals surface area contributed by atoms with Gasteiger partial charge in [-0.3, -0.25) is 9.69 Å². The normalized spacial score (nSPS) is 19.4. The number of likely N-dealkylation sites (tertiary alicyclic amines) is 1. The SMILES string of the molecule is O=C1N=C(NCc2ccon2)/C(=C/C2CCN(Cc3ccc(C(F)(F)F)cc3C(F)(F)F)CC2)S1. The van der Waals surface area contributed by atoms with Crippen molar-refractivity contribution in [1.29, 1.82) is 0 Å². The summed E-state index contributed by atoms with van der Waals surface area (Å²) in [4.78, 5) is 18.2. The van der Waals surface area contributed by atoms with Crippen molar-refractivity contribution in [2.75, 3.05) is 13.1 Å². The number of thioether (sulfide) groups is 1. The first-order valence-electron chi connectivity index (χ1n) is 10.6. The van der Waals surface area contributed by atoms with Gasteiger partial charge in [0.2, 0.25) is 0 Å². The fraction of sp³-hybridized carbons (Fsp3) is 0.409. The minimum Gasteiger partial charge on any atom is -0.364 e. The Balaban J connectivity index is 1.38. The van der Waals surface area contributed by atoms with E-state index in [0.717, 1.165) is 17.8 Å². The van der Waals surface area contributed by atoms with E-state index in [4.69, 9.17) is 4.52 Å². The summed E-state index contributed by atoms with van der Waals surface area (Å²) in [6, 6.07) is 3.44. The van der Waals surface area contributed by atoms with Crippen LogP contribution in [0.15, 0.2) is 51.0 Å². The van der Waals surface area contributed by atoms with Gasteiger partial charge in [0.05, 0.1) is 22.6 Å². The maximum absolute atomic E-state index is 13.4. The molecule has 0 aliphatic carbocycles. The van der Waals surface area contributed by atoms with Gasteiger partial charge in [-0.05, 0) is 61.3 Å². The molecule has 35 heavy (non-hydrogen) atoms. The number of halogens is 6. The van der Waals surface area contributed by atoms with Gasteiger partial charge in [-0.2, -0.15) is 31.3 Å². The molecular formula is C22H20F6N4O2S. The lowest BCUT2D eigenvalue weighted by atomic mass is 9.95. The average molecular weight is 518 g/mol. The van der Waals surface area contributed by atoms with Crippen LogP contribution in [0.3, 0.4) is 0 Å². The molecule has 0 spiro atoms. The molecule has 0 atom stereocenters. The van der Waals surface area contributed by atoms with Crippen molar-refractivity contribution in [1.82, 2.24) is 15.4 Å². The van der Waals surface area contributed by atoms with Crippen LogP contribution in [0.2, 0.25) is 0 Å². The molecule has 0 radical (unpaired) electrons. The molecule has 0 saturated carbocycles. The van der Waals surface area contributed by atoms with Gasteiger partial charge in [-0.1, -0.05) is 17.3 Å². The number of allylic oxidation sites excluding steroid dienone is 1. The number of rotatable bonds is 5. The maximum atomic E-state index is 13.4. The molecule has 0 bridgehead atoms. The van der Waals surface area contributed by atoms with E-state index in [-0.39, 0.29) is 29.3 Å². The third kappa shape index (κ3) is 6.45. The Morgan fingerprint density at radius 2 is 1.86 bits per heavy atom. The van der Waals surface area contributed by atoms with Gasteiger partial charge in [-0.25, -0.2) is 0 Å². The number of carbonyl (C=O) groups excluding carboxylic acids is 1. The van der Waals surface area contributed by atoms with Crippen LogP contribution in [0, 0.1) is 5.92 Å². The number of nitrogens with one attached hydrogen (secondary N) is 1. The highest BCUT2D eigenvalue weighted by molar-refractivity contribution is 8.18. The minimum absolute atomic E-state index is 0.0772. The Hall–Kier alpha value is -2.80. The Morgan fingerprint density at radius 3 is 2.49 bits per heavy atom. The van der Waals surface area contributed by atoms with Crippen molar-refractivity contribution in [3.05, 3.63) is 63.9 Å². The zero-order valence-electron chi connectivity index (χ0n) is 18.1. The van der Waals surface area contributed by atoms with E-state index in [2.05, 4.69) is 15.5 Å². The number of carbonyl (C=O) groups is 1. The van der Waals surface area contributed by atoms with Gasteiger partial charge in [-0.15, -0.1) is 0 Å². The fourth-order valence-electron chi connectivity index (χ4n) is 3.94. The Labute approximate surface area is 200 Å². The molecule has 1 N–H and O–H groups in total. The second-order valence-electron chi connectivity index (χ2n) is 8.18. The van der Waals surface area contributed by atoms with Crippen LogP contribution >= 0.6 is 11.8 Å². The lowest BCUT2D eigenvalue weighted by Crippen LogP contribution is -2.33. The molecule has 6 nitrogen and oxygen atoms in total. The minimum atomic E-state index is -4.89. The first-order valence-corrected chi connectivity index (χ1v) is 11.5. The average Bonchev–Trinajstić information content (AvgIpc) is 3.41. The van der Waals surface area contributed by atoms with Crippen molar-refractivity contribution in [2.24, 2.45) is 10.9 Å². The zero-order chi connectivity index (χ0) is 25.2. The topological polar surface area (TPSA) is 70.7 Å². The summed E-state index contributed by atoms with van der Waals surface area (Å²) in [6.07, 6.45) is -5.13. The van der Waals surface area contributed by atoms with E-state index in [9.17, 15) is 31.1 Å². The highest BCUT2D eigenvalue weighted by atomic mass is 32.2. The number of hydrogen-bond acceptors (Lipinski definition) is 6. The van der Waals surface area contributed by atoms with Gasteiger partial charge in [0.15, 0.2) is 0 Å². The maximum Gasteiger partial charge on any atom is 0.416 e. The van der Waals surface area contributed by atoms with Crippen LogP contribution in [0.1, 0.15) is 35.2 Å². The van der Waals surface area contributed by atoms with Crippen LogP contribution in [0.25, 0.3) is 0 Å². The molecule has 0 unspecified atom stereocenters. The molecule has 1 fully saturated rings. The summed E-state index contributed by atoms with van der Waals surface area (Å²) in [5.41, 5.74) is -2.13. The number of benzene rings is 1. The third-order valence-corrected chi connectivity index (χ3v) is 6.53. The lowest BCUT2D eigenvalue weighted by molar-refractivity contribution is -0.143. The molecule has 2 aliphatic heterocycles. The molecule has 1 saturated heterocycles. The Bertz CT molecular complexity index is 1120. The Morgan fingerprint density at radius 1 is 1.11 bits per heavy atom. The number of hydrogen-bond donors (Lipinski definition) is 1. The largest absolute Gasteiger partial charge is 0.416 e. The van der Waals surface area contributed by atoms with E-state index in [1.165, 1.54) is 6.26 Å². The van der Waals surface area contributed by atoms with Crippen LogP contribution in [-0.2, 0) is 25.4 Å². The first kappa shape index (κ1) is 25.3. The Kier molecular flexibility index (Phi) is 7.27. The molecule has 1 aromatic carbocycles. The third-order valence-electron chi connectivity index (χ3n) is 5.72. The van der Waals surface area contributed by atoms with Gasteiger partial charge >= 0.3 is 17.6 Å². The predicted octanol–water partition coefficient (Wildman–Crippen LogP) is 5.86. The quantitative estimate of drug-likeness (QED) is 0.500. The number of nitrogens with zero attached hydrogens (tertiary/aromatic N) is 3. The van der Waals surface area contributed by atoms with Crippen molar-refractivity contribution < 1.29 is 35.7 Å². The monoisotopic (exact) mass is 518 g/mol. The highest BCUT2D eigenvalue weighted by Crippen LogP contribution is 2.38. The van der Waals surface area contributed by atoms with E-state index in [1.807, 2.05) is 6.08 Å². The lowest BCUT2D eigenvalue weighted by Gasteiger charge is -2.31. The number of aromatic nitrogens is 1. The molecule has 4 rings (SSSR count). The zero-order valence-corrected chi connectivity index (χ0v) is 18.9. The number of alkyl halides is 6. The molecule has 188 valence electrons. The number of amides is 1. The predicted molar refractivity (Wildman–Crippen MR) is 116 cm³/mol.